The molecule has 8 heteroatoms. The van der Waals surface area contributed by atoms with Crippen molar-refractivity contribution in [3.05, 3.63) is 72.1 Å². The summed E-state index contributed by atoms with van der Waals surface area (Å²) in [5.74, 6) is -1.47. The molecule has 0 aliphatic rings. The molecule has 3 rings (SSSR count). The Kier molecular flexibility index (Phi) is 5.55. The van der Waals surface area contributed by atoms with Crippen molar-refractivity contribution in [2.24, 2.45) is 0 Å². The van der Waals surface area contributed by atoms with Gasteiger partial charge < -0.3 is 15.4 Å². The monoisotopic (exact) mass is 370 g/mol. The second kappa shape index (κ2) is 8.22. The summed E-state index contributed by atoms with van der Waals surface area (Å²) in [6.07, 6.45) is 2.51. The number of para-hydroxylation sites is 3. The first-order valence-corrected chi connectivity index (χ1v) is 8.14. The normalized spacial score (nSPS) is 10.3. The molecule has 3 aromatic rings. The number of nitrogens with zero attached hydrogens (tertiary/aromatic N) is 2. The van der Waals surface area contributed by atoms with Gasteiger partial charge >= 0.3 is 0 Å². The number of carbonyl (C=O) groups is 1. The number of ether oxygens (including phenoxy) is 1. The Labute approximate surface area is 154 Å². The summed E-state index contributed by atoms with van der Waals surface area (Å²) in [5.41, 5.74) is 0.334. The summed E-state index contributed by atoms with van der Waals surface area (Å²) < 4.78 is 32.8. The van der Waals surface area contributed by atoms with Crippen LogP contribution in [-0.4, -0.2) is 22.5 Å². The zero-order valence-electron chi connectivity index (χ0n) is 14.4. The van der Waals surface area contributed by atoms with E-state index in [-0.39, 0.29) is 17.2 Å². The predicted molar refractivity (Wildman–Crippen MR) is 97.2 cm³/mol. The highest BCUT2D eigenvalue weighted by molar-refractivity contribution is 6.04. The maximum Gasteiger partial charge on any atom is 0.258 e. The number of hydrogen-bond donors (Lipinski definition) is 2. The maximum atomic E-state index is 13.7. The van der Waals surface area contributed by atoms with Gasteiger partial charge in [0.25, 0.3) is 5.91 Å². The average molecular weight is 370 g/mol. The Morgan fingerprint density at radius 1 is 1.04 bits per heavy atom. The van der Waals surface area contributed by atoms with Crippen molar-refractivity contribution >= 4 is 23.2 Å². The van der Waals surface area contributed by atoms with Crippen LogP contribution in [0.2, 0.25) is 0 Å². The maximum absolute atomic E-state index is 13.7. The molecule has 27 heavy (non-hydrogen) atoms. The van der Waals surface area contributed by atoms with Gasteiger partial charge in [-0.1, -0.05) is 18.2 Å². The van der Waals surface area contributed by atoms with Crippen molar-refractivity contribution in [1.29, 1.82) is 0 Å². The largest absolute Gasteiger partial charge is 0.492 e. The molecular weight excluding hydrogens is 354 g/mol. The number of amides is 1. The van der Waals surface area contributed by atoms with E-state index in [4.69, 9.17) is 4.74 Å². The summed E-state index contributed by atoms with van der Waals surface area (Å²) in [5, 5.41) is 5.17. The molecule has 2 N–H and O–H groups in total. The summed E-state index contributed by atoms with van der Waals surface area (Å²) in [6.45, 7) is 2.31. The van der Waals surface area contributed by atoms with Crippen molar-refractivity contribution in [3.8, 4) is 5.75 Å². The Morgan fingerprint density at radius 2 is 1.70 bits per heavy atom. The summed E-state index contributed by atoms with van der Waals surface area (Å²) in [7, 11) is 0. The lowest BCUT2D eigenvalue weighted by Crippen LogP contribution is -2.14. The second-order valence-corrected chi connectivity index (χ2v) is 5.40. The fraction of sp³-hybridized carbons (Fsp3) is 0.105. The van der Waals surface area contributed by atoms with Crippen LogP contribution < -0.4 is 15.4 Å². The first-order chi connectivity index (χ1) is 13.1. The molecular formula is C19H16F2N4O2. The highest BCUT2D eigenvalue weighted by Crippen LogP contribution is 2.24. The minimum atomic E-state index is -0.770. The number of anilines is 3. The van der Waals surface area contributed by atoms with Gasteiger partial charge in [-0.2, -0.15) is 0 Å². The standard InChI is InChI=1S/C19H16F2N4O2/c1-2-27-16-9-4-3-8-15(16)24-18(26)12-10-22-19(23-11-12)25-17-13(20)6-5-7-14(17)21/h3-11H,2H2,1H3,(H,24,26)(H,22,23,25). The lowest BCUT2D eigenvalue weighted by Gasteiger charge is -2.11. The molecule has 1 heterocycles. The first kappa shape index (κ1) is 18.2. The van der Waals surface area contributed by atoms with Crippen LogP contribution in [0.4, 0.5) is 26.1 Å². The highest BCUT2D eigenvalue weighted by atomic mass is 19.1. The van der Waals surface area contributed by atoms with Crippen molar-refractivity contribution in [3.63, 3.8) is 0 Å². The van der Waals surface area contributed by atoms with Crippen molar-refractivity contribution in [2.45, 2.75) is 6.92 Å². The topological polar surface area (TPSA) is 76.1 Å². The number of carbonyl (C=O) groups excluding carboxylic acids is 1. The van der Waals surface area contributed by atoms with Crippen molar-refractivity contribution < 1.29 is 18.3 Å². The van der Waals surface area contributed by atoms with Gasteiger partial charge in [-0.25, -0.2) is 18.7 Å². The smallest absolute Gasteiger partial charge is 0.258 e. The molecule has 0 fully saturated rings. The van der Waals surface area contributed by atoms with Crippen LogP contribution in [0.15, 0.2) is 54.9 Å². The number of benzene rings is 2. The number of nitrogens with one attached hydrogen (secondary N) is 2. The molecule has 1 amide bonds. The molecule has 0 spiro atoms. The molecule has 0 aliphatic carbocycles. The molecule has 0 unspecified atom stereocenters. The predicted octanol–water partition coefficient (Wildman–Crippen LogP) is 4.15. The Bertz CT molecular complexity index is 928. The molecule has 0 aliphatic heterocycles. The Balaban J connectivity index is 1.73. The van der Waals surface area contributed by atoms with Gasteiger partial charge in [0.1, 0.15) is 23.1 Å². The van der Waals surface area contributed by atoms with Gasteiger partial charge in [-0.15, -0.1) is 0 Å². The molecule has 0 bridgehead atoms. The zero-order chi connectivity index (χ0) is 19.2. The summed E-state index contributed by atoms with van der Waals surface area (Å²) in [6, 6.07) is 10.5. The number of halogens is 2. The SMILES string of the molecule is CCOc1ccccc1NC(=O)c1cnc(Nc2c(F)cccc2F)nc1. The zero-order valence-corrected chi connectivity index (χ0v) is 14.4. The van der Waals surface area contributed by atoms with Crippen molar-refractivity contribution in [1.82, 2.24) is 9.97 Å². The lowest BCUT2D eigenvalue weighted by atomic mass is 10.2. The Hall–Kier alpha value is -3.55. The van der Waals surface area contributed by atoms with E-state index in [1.165, 1.54) is 18.5 Å². The van der Waals surface area contributed by atoms with E-state index in [9.17, 15) is 13.6 Å². The van der Waals surface area contributed by atoms with Crippen LogP contribution in [0.3, 0.4) is 0 Å². The minimum absolute atomic E-state index is 0.0368. The summed E-state index contributed by atoms with van der Waals surface area (Å²) >= 11 is 0. The molecule has 0 saturated heterocycles. The van der Waals surface area contributed by atoms with Crippen LogP contribution in [0, 0.1) is 11.6 Å². The van der Waals surface area contributed by atoms with E-state index < -0.39 is 17.5 Å². The van der Waals surface area contributed by atoms with Crippen LogP contribution in [0.5, 0.6) is 5.75 Å². The van der Waals surface area contributed by atoms with Gasteiger partial charge in [0.2, 0.25) is 5.95 Å². The number of hydrogen-bond acceptors (Lipinski definition) is 5. The third kappa shape index (κ3) is 4.35. The average Bonchev–Trinajstić information content (AvgIpc) is 2.67. The van der Waals surface area contributed by atoms with Crippen LogP contribution in [0.25, 0.3) is 0 Å². The molecule has 0 radical (unpaired) electrons. The summed E-state index contributed by atoms with van der Waals surface area (Å²) in [4.78, 5) is 20.2. The van der Waals surface area contributed by atoms with E-state index in [0.717, 1.165) is 12.1 Å². The minimum Gasteiger partial charge on any atom is -0.492 e. The molecule has 6 nitrogen and oxygen atoms in total. The third-order valence-electron chi connectivity index (χ3n) is 3.55. The van der Waals surface area contributed by atoms with E-state index in [2.05, 4.69) is 20.6 Å². The molecule has 0 saturated carbocycles. The van der Waals surface area contributed by atoms with Gasteiger partial charge in [0.15, 0.2) is 0 Å². The lowest BCUT2D eigenvalue weighted by molar-refractivity contribution is 0.102. The van der Waals surface area contributed by atoms with Gasteiger partial charge in [-0.05, 0) is 31.2 Å². The fourth-order valence-electron chi connectivity index (χ4n) is 2.28. The first-order valence-electron chi connectivity index (χ1n) is 8.14. The molecule has 1 aromatic heterocycles. The number of rotatable bonds is 6. The van der Waals surface area contributed by atoms with E-state index >= 15 is 0 Å². The van der Waals surface area contributed by atoms with Gasteiger partial charge in [0.05, 0.1) is 17.9 Å². The highest BCUT2D eigenvalue weighted by Gasteiger charge is 2.13. The van der Waals surface area contributed by atoms with E-state index in [0.29, 0.717) is 18.0 Å². The van der Waals surface area contributed by atoms with E-state index in [1.807, 2.05) is 6.92 Å². The van der Waals surface area contributed by atoms with Crippen LogP contribution in [0.1, 0.15) is 17.3 Å². The second-order valence-electron chi connectivity index (χ2n) is 5.40. The van der Waals surface area contributed by atoms with E-state index in [1.54, 1.807) is 24.3 Å². The molecule has 2 aromatic carbocycles. The quantitative estimate of drug-likeness (QED) is 0.682. The molecule has 138 valence electrons. The van der Waals surface area contributed by atoms with Gasteiger partial charge in [0, 0.05) is 12.4 Å². The Morgan fingerprint density at radius 3 is 2.37 bits per heavy atom. The number of aromatic nitrogens is 2. The van der Waals surface area contributed by atoms with Crippen LogP contribution >= 0.6 is 0 Å². The van der Waals surface area contributed by atoms with Crippen molar-refractivity contribution in [2.75, 3.05) is 17.2 Å². The third-order valence-corrected chi connectivity index (χ3v) is 3.55. The molecule has 0 atom stereocenters. The van der Waals surface area contributed by atoms with Crippen LogP contribution in [-0.2, 0) is 0 Å². The fourth-order valence-corrected chi connectivity index (χ4v) is 2.28. The van der Waals surface area contributed by atoms with Gasteiger partial charge in [-0.3, -0.25) is 4.79 Å².